The molecular weight excluding hydrogens is 380 g/mol. The highest BCUT2D eigenvalue weighted by Crippen LogP contribution is 2.29. The van der Waals surface area contributed by atoms with Gasteiger partial charge in [0.1, 0.15) is 5.66 Å². The first kappa shape index (κ1) is 18.7. The highest BCUT2D eigenvalue weighted by molar-refractivity contribution is 5.95. The molecule has 2 aromatic carbocycles. The van der Waals surface area contributed by atoms with Crippen molar-refractivity contribution in [1.29, 1.82) is 0 Å². The quantitative estimate of drug-likeness (QED) is 0.534. The molecule has 1 aromatic heterocycles. The van der Waals surface area contributed by atoms with E-state index in [1.54, 1.807) is 12.3 Å². The summed E-state index contributed by atoms with van der Waals surface area (Å²) in [6.07, 6.45) is 1.76. The third-order valence-electron chi connectivity index (χ3n) is 5.90. The number of nitrogens with two attached hydrogens (primary N) is 1. The van der Waals surface area contributed by atoms with Crippen molar-refractivity contribution in [1.82, 2.24) is 15.2 Å². The van der Waals surface area contributed by atoms with Crippen molar-refractivity contribution in [2.45, 2.75) is 32.6 Å². The van der Waals surface area contributed by atoms with Gasteiger partial charge in [0, 0.05) is 25.0 Å². The number of anilines is 1. The normalized spacial score (nSPS) is 21.2. The van der Waals surface area contributed by atoms with Crippen LogP contribution in [0.2, 0.25) is 0 Å². The number of rotatable bonds is 3. The van der Waals surface area contributed by atoms with Gasteiger partial charge in [0.2, 0.25) is 5.96 Å². The molecule has 5 N–H and O–H groups in total. The first-order chi connectivity index (χ1) is 14.4. The lowest BCUT2D eigenvalue weighted by molar-refractivity contribution is 0.301. The van der Waals surface area contributed by atoms with Crippen LogP contribution in [0, 0.1) is 0 Å². The third kappa shape index (κ3) is 3.10. The van der Waals surface area contributed by atoms with Gasteiger partial charge in [-0.3, -0.25) is 9.88 Å². The van der Waals surface area contributed by atoms with Crippen LogP contribution in [-0.2, 0) is 18.8 Å². The van der Waals surface area contributed by atoms with E-state index in [1.807, 2.05) is 19.1 Å². The number of aromatic amines is 1. The summed E-state index contributed by atoms with van der Waals surface area (Å²) < 4.78 is 5.10. The van der Waals surface area contributed by atoms with E-state index in [0.29, 0.717) is 17.1 Å². The van der Waals surface area contributed by atoms with E-state index >= 15 is 0 Å². The SMILES string of the molecule is CCN1Cc2ccc(NC3=NC=C(C)C(N)(c4ccc5oc(=O)[nH]c5c4)N3)cc2C1. The number of guanidine groups is 1. The van der Waals surface area contributed by atoms with Crippen molar-refractivity contribution in [2.75, 3.05) is 11.9 Å². The van der Waals surface area contributed by atoms with Crippen LogP contribution in [0.25, 0.3) is 11.1 Å². The van der Waals surface area contributed by atoms with Gasteiger partial charge in [-0.1, -0.05) is 19.1 Å². The maximum absolute atomic E-state index is 11.5. The second-order valence-corrected chi connectivity index (χ2v) is 7.86. The van der Waals surface area contributed by atoms with Gasteiger partial charge in [-0.2, -0.15) is 0 Å². The lowest BCUT2D eigenvalue weighted by atomic mass is 9.92. The number of oxazole rings is 1. The molecule has 30 heavy (non-hydrogen) atoms. The molecule has 2 aliphatic heterocycles. The lowest BCUT2D eigenvalue weighted by Crippen LogP contribution is -2.57. The van der Waals surface area contributed by atoms with Crippen LogP contribution in [0.1, 0.15) is 30.5 Å². The van der Waals surface area contributed by atoms with Crippen LogP contribution in [0.15, 0.2) is 62.4 Å². The summed E-state index contributed by atoms with van der Waals surface area (Å²) in [4.78, 5) is 21.0. The summed E-state index contributed by atoms with van der Waals surface area (Å²) in [6, 6.07) is 11.8. The summed E-state index contributed by atoms with van der Waals surface area (Å²) in [5.74, 6) is 0.0773. The van der Waals surface area contributed by atoms with Crippen molar-refractivity contribution >= 4 is 22.7 Å². The molecule has 0 saturated heterocycles. The Morgan fingerprint density at radius 3 is 2.90 bits per heavy atom. The average molecular weight is 404 g/mol. The zero-order valence-corrected chi connectivity index (χ0v) is 17.0. The van der Waals surface area contributed by atoms with Gasteiger partial charge in [0.15, 0.2) is 5.58 Å². The second kappa shape index (κ2) is 6.86. The van der Waals surface area contributed by atoms with Gasteiger partial charge >= 0.3 is 5.76 Å². The summed E-state index contributed by atoms with van der Waals surface area (Å²) in [5.41, 5.74) is 12.2. The van der Waals surface area contributed by atoms with Crippen LogP contribution in [0.4, 0.5) is 5.69 Å². The summed E-state index contributed by atoms with van der Waals surface area (Å²) in [7, 11) is 0. The number of hydrogen-bond acceptors (Lipinski definition) is 7. The predicted octanol–water partition coefficient (Wildman–Crippen LogP) is 2.54. The fourth-order valence-electron chi connectivity index (χ4n) is 4.04. The minimum atomic E-state index is -0.970. The number of H-pyrrole nitrogens is 1. The van der Waals surface area contributed by atoms with Crippen LogP contribution in [0.5, 0.6) is 0 Å². The van der Waals surface area contributed by atoms with Crippen LogP contribution < -0.4 is 22.1 Å². The topological polar surface area (TPSA) is 112 Å². The maximum Gasteiger partial charge on any atom is 0.417 e. The van der Waals surface area contributed by atoms with E-state index in [0.717, 1.165) is 36.5 Å². The Hall–Kier alpha value is -3.36. The van der Waals surface area contributed by atoms with Crippen molar-refractivity contribution in [2.24, 2.45) is 10.7 Å². The monoisotopic (exact) mass is 404 g/mol. The van der Waals surface area contributed by atoms with E-state index < -0.39 is 11.4 Å². The molecule has 0 radical (unpaired) electrons. The van der Waals surface area contributed by atoms with Crippen LogP contribution in [0.3, 0.4) is 0 Å². The number of hydrogen-bond donors (Lipinski definition) is 4. The van der Waals surface area contributed by atoms with E-state index in [2.05, 4.69) is 50.6 Å². The molecule has 3 heterocycles. The Labute approximate surface area is 173 Å². The smallest absolute Gasteiger partial charge is 0.408 e. The van der Waals surface area contributed by atoms with Gasteiger partial charge in [-0.25, -0.2) is 9.79 Å². The van der Waals surface area contributed by atoms with E-state index in [1.165, 1.54) is 11.1 Å². The molecule has 0 aliphatic carbocycles. The number of benzene rings is 2. The summed E-state index contributed by atoms with van der Waals surface area (Å²) in [5, 5.41) is 6.67. The first-order valence-electron chi connectivity index (χ1n) is 10.0. The predicted molar refractivity (Wildman–Crippen MR) is 117 cm³/mol. The van der Waals surface area contributed by atoms with Gasteiger partial charge in [-0.15, -0.1) is 0 Å². The molecule has 8 heteroatoms. The van der Waals surface area contributed by atoms with E-state index in [-0.39, 0.29) is 0 Å². The minimum Gasteiger partial charge on any atom is -0.408 e. The molecule has 0 saturated carbocycles. The number of nitrogens with one attached hydrogen (secondary N) is 3. The van der Waals surface area contributed by atoms with Gasteiger partial charge in [0.05, 0.1) is 5.52 Å². The zero-order valence-electron chi connectivity index (χ0n) is 17.0. The van der Waals surface area contributed by atoms with Crippen molar-refractivity contribution in [3.63, 3.8) is 0 Å². The van der Waals surface area contributed by atoms with Gasteiger partial charge in [0.25, 0.3) is 0 Å². The molecule has 154 valence electrons. The largest absolute Gasteiger partial charge is 0.417 e. The Morgan fingerprint density at radius 2 is 2.07 bits per heavy atom. The van der Waals surface area contributed by atoms with Gasteiger partial charge in [-0.05, 0) is 60.0 Å². The Kier molecular flexibility index (Phi) is 4.27. The maximum atomic E-state index is 11.5. The van der Waals surface area contributed by atoms with Crippen LogP contribution >= 0.6 is 0 Å². The third-order valence-corrected chi connectivity index (χ3v) is 5.90. The Morgan fingerprint density at radius 1 is 1.23 bits per heavy atom. The molecule has 3 aromatic rings. The van der Waals surface area contributed by atoms with Crippen molar-refractivity contribution in [3.05, 3.63) is 75.4 Å². The molecule has 5 rings (SSSR count). The molecular formula is C22H24N6O2. The fourth-order valence-corrected chi connectivity index (χ4v) is 4.04. The molecule has 0 spiro atoms. The average Bonchev–Trinajstić information content (AvgIpc) is 3.31. The number of aromatic nitrogens is 1. The number of aliphatic imine (C=N–C) groups is 1. The molecule has 1 atom stereocenters. The molecule has 8 nitrogen and oxygen atoms in total. The van der Waals surface area contributed by atoms with Crippen molar-refractivity contribution < 1.29 is 4.42 Å². The van der Waals surface area contributed by atoms with E-state index in [4.69, 9.17) is 10.2 Å². The molecule has 1 unspecified atom stereocenters. The lowest BCUT2D eigenvalue weighted by Gasteiger charge is -2.35. The Balaban J connectivity index is 1.41. The fraction of sp³-hybridized carbons (Fsp3) is 0.273. The molecule has 0 fully saturated rings. The van der Waals surface area contributed by atoms with Crippen LogP contribution in [-0.4, -0.2) is 22.4 Å². The number of fused-ring (bicyclic) bond motifs is 2. The highest BCUT2D eigenvalue weighted by atomic mass is 16.4. The standard InChI is InChI=1S/C22H24N6O2/c1-3-28-11-14-4-6-17(8-15(14)12-28)25-20-24-10-13(2)22(23,27-20)16-5-7-19-18(9-16)26-21(29)30-19/h4-10H,3,11-12,23H2,1-2H3,(H,26,29)(H2,24,25,27). The number of nitrogens with zero attached hydrogens (tertiary/aromatic N) is 2. The molecule has 2 aliphatic rings. The molecule has 0 bridgehead atoms. The zero-order chi connectivity index (χ0) is 20.9. The van der Waals surface area contributed by atoms with E-state index in [9.17, 15) is 4.79 Å². The summed E-state index contributed by atoms with van der Waals surface area (Å²) >= 11 is 0. The van der Waals surface area contributed by atoms with Gasteiger partial charge < -0.3 is 20.8 Å². The Bertz CT molecular complexity index is 1250. The minimum absolute atomic E-state index is 0.487. The second-order valence-electron chi connectivity index (χ2n) is 7.86. The summed E-state index contributed by atoms with van der Waals surface area (Å²) in [6.45, 7) is 7.10. The molecule has 0 amide bonds. The highest BCUT2D eigenvalue weighted by Gasteiger charge is 2.33. The first-order valence-corrected chi connectivity index (χ1v) is 10.0. The van der Waals surface area contributed by atoms with Crippen molar-refractivity contribution in [3.8, 4) is 0 Å².